The number of anilines is 1. The highest BCUT2D eigenvalue weighted by Crippen LogP contribution is 2.46. The molecule has 254 valence electrons. The number of amides is 1. The second-order valence-corrected chi connectivity index (χ2v) is 15.9. The first-order valence-corrected chi connectivity index (χ1v) is 18.6. The highest BCUT2D eigenvalue weighted by Gasteiger charge is 2.47. The van der Waals surface area contributed by atoms with E-state index < -0.39 is 26.8 Å². The number of rotatable bonds is 5. The molecule has 1 saturated carbocycles. The fraction of sp³-hybridized carbons (Fsp3) is 0.629. The number of sulfonamides is 1. The van der Waals surface area contributed by atoms with E-state index in [1.54, 1.807) is 32.2 Å². The molecule has 0 aromatic heterocycles. The van der Waals surface area contributed by atoms with Gasteiger partial charge >= 0.3 is 0 Å². The third-order valence-electron chi connectivity index (χ3n) is 10.4. The van der Waals surface area contributed by atoms with Gasteiger partial charge in [-0.3, -0.25) is 4.79 Å². The Hall–Kier alpha value is -2.37. The molecule has 2 aromatic carbocycles. The van der Waals surface area contributed by atoms with Gasteiger partial charge in [-0.05, 0) is 111 Å². The number of carbonyl (C=O) groups excluding carboxylic acids is 1. The first-order chi connectivity index (χ1) is 22.0. The molecule has 5 rings (SSSR count). The number of nitrogens with zero attached hydrogens (tertiary/aromatic N) is 1. The highest BCUT2D eigenvalue weighted by molar-refractivity contribution is 7.90. The van der Waals surface area contributed by atoms with Gasteiger partial charge in [0, 0.05) is 30.8 Å². The van der Waals surface area contributed by atoms with Crippen molar-refractivity contribution in [3.8, 4) is 5.75 Å². The van der Waals surface area contributed by atoms with E-state index in [2.05, 4.69) is 9.62 Å². The van der Waals surface area contributed by atoms with E-state index in [0.717, 1.165) is 55.5 Å². The van der Waals surface area contributed by atoms with Crippen molar-refractivity contribution < 1.29 is 32.5 Å². The number of aryl methyl sites for hydroxylation is 1. The lowest BCUT2D eigenvalue weighted by molar-refractivity contribution is -0.135. The zero-order valence-corrected chi connectivity index (χ0v) is 28.9. The quantitative estimate of drug-likeness (QED) is 0.385. The lowest BCUT2D eigenvalue weighted by atomic mass is 9.63. The van der Waals surface area contributed by atoms with Gasteiger partial charge in [0.05, 0.1) is 36.4 Å². The number of hydrogen-bond acceptors (Lipinski definition) is 8. The summed E-state index contributed by atoms with van der Waals surface area (Å²) in [5, 5.41) is 12.1. The maximum absolute atomic E-state index is 13.4. The molecule has 0 unspecified atom stereocenters. The number of methoxy groups -OCH3 is 1. The minimum Gasteiger partial charge on any atom is -0.487 e. The molecule has 1 amide bonds. The third kappa shape index (κ3) is 8.19. The predicted octanol–water partition coefficient (Wildman–Crippen LogP) is 5.75. The largest absolute Gasteiger partial charge is 0.487 e. The van der Waals surface area contributed by atoms with Gasteiger partial charge in [0.2, 0.25) is 10.0 Å². The number of aliphatic hydroxyl groups is 1. The summed E-state index contributed by atoms with van der Waals surface area (Å²) in [6, 6.07) is 11.0. The molecule has 5 atom stereocenters. The lowest BCUT2D eigenvalue weighted by Gasteiger charge is -2.49. The molecule has 1 aliphatic carbocycles. The van der Waals surface area contributed by atoms with E-state index >= 15 is 0 Å². The van der Waals surface area contributed by atoms with Crippen LogP contribution in [0.3, 0.4) is 0 Å². The zero-order chi connectivity index (χ0) is 32.9. The van der Waals surface area contributed by atoms with Crippen molar-refractivity contribution in [1.29, 1.82) is 0 Å². The summed E-state index contributed by atoms with van der Waals surface area (Å²) < 4.78 is 46.6. The number of halogens is 1. The summed E-state index contributed by atoms with van der Waals surface area (Å²) in [4.78, 5) is 15.7. The molecule has 2 aromatic rings. The summed E-state index contributed by atoms with van der Waals surface area (Å²) in [5.74, 6) is 0.00160. The van der Waals surface area contributed by atoms with Crippen molar-refractivity contribution in [2.24, 2.45) is 17.8 Å². The van der Waals surface area contributed by atoms with Gasteiger partial charge in [0.15, 0.2) is 0 Å². The molecule has 0 saturated heterocycles. The van der Waals surface area contributed by atoms with Gasteiger partial charge in [-0.15, -0.1) is 0 Å². The van der Waals surface area contributed by atoms with Crippen molar-refractivity contribution in [3.05, 3.63) is 58.1 Å². The first kappa shape index (κ1) is 35.0. The van der Waals surface area contributed by atoms with E-state index in [0.29, 0.717) is 56.4 Å². The fourth-order valence-electron chi connectivity index (χ4n) is 7.17. The number of hydrogen-bond donors (Lipinski definition) is 2. The van der Waals surface area contributed by atoms with Crippen LogP contribution in [0.1, 0.15) is 80.3 Å². The molecule has 3 aliphatic rings. The van der Waals surface area contributed by atoms with Crippen LogP contribution in [0.25, 0.3) is 0 Å². The summed E-state index contributed by atoms with van der Waals surface area (Å²) in [6.07, 6.45) is 6.34. The Morgan fingerprint density at radius 3 is 2.65 bits per heavy atom. The number of nitrogens with one attached hydrogen (secondary N) is 1. The van der Waals surface area contributed by atoms with Crippen LogP contribution in [0.4, 0.5) is 5.69 Å². The van der Waals surface area contributed by atoms with Gasteiger partial charge < -0.3 is 24.2 Å². The smallest absolute Gasteiger partial charge is 0.264 e. The summed E-state index contributed by atoms with van der Waals surface area (Å²) >= 11 is 6.34. The van der Waals surface area contributed by atoms with Gasteiger partial charge in [-0.1, -0.05) is 31.0 Å². The zero-order valence-electron chi connectivity index (χ0n) is 27.3. The Labute approximate surface area is 279 Å². The molecule has 9 nitrogen and oxygen atoms in total. The van der Waals surface area contributed by atoms with Crippen LogP contribution in [0.15, 0.2) is 36.4 Å². The molecule has 2 bridgehead atoms. The predicted molar refractivity (Wildman–Crippen MR) is 180 cm³/mol. The minimum absolute atomic E-state index is 0.0276. The average molecular weight is 677 g/mol. The maximum atomic E-state index is 13.4. The Morgan fingerprint density at radius 2 is 1.89 bits per heavy atom. The fourth-order valence-corrected chi connectivity index (χ4v) is 8.67. The first-order valence-electron chi connectivity index (χ1n) is 16.6. The van der Waals surface area contributed by atoms with Crippen molar-refractivity contribution in [1.82, 2.24) is 4.72 Å². The molecule has 1 fully saturated rings. The molecular formula is C35H49ClN2O7S. The van der Waals surface area contributed by atoms with E-state index in [4.69, 9.17) is 25.8 Å². The molecule has 0 spiro atoms. The van der Waals surface area contributed by atoms with Crippen LogP contribution < -0.4 is 14.4 Å². The molecule has 2 N–H and O–H groups in total. The van der Waals surface area contributed by atoms with Crippen LogP contribution in [0.5, 0.6) is 5.75 Å². The maximum Gasteiger partial charge on any atom is 0.264 e. The average Bonchev–Trinajstić information content (AvgIpc) is 3.03. The van der Waals surface area contributed by atoms with Crippen molar-refractivity contribution in [2.45, 2.75) is 82.7 Å². The van der Waals surface area contributed by atoms with E-state index in [1.807, 2.05) is 25.1 Å². The highest BCUT2D eigenvalue weighted by atomic mass is 35.5. The van der Waals surface area contributed by atoms with E-state index in [9.17, 15) is 18.3 Å². The van der Waals surface area contributed by atoms with Crippen LogP contribution in [0, 0.1) is 17.8 Å². The number of fused-ring (bicyclic) bond motifs is 3. The van der Waals surface area contributed by atoms with Gasteiger partial charge in [0.25, 0.3) is 5.91 Å². The lowest BCUT2D eigenvalue weighted by Crippen LogP contribution is -2.53. The van der Waals surface area contributed by atoms with Crippen LogP contribution >= 0.6 is 11.6 Å². The van der Waals surface area contributed by atoms with Crippen molar-refractivity contribution >= 4 is 33.2 Å². The summed E-state index contributed by atoms with van der Waals surface area (Å²) in [6.45, 7) is 6.32. The van der Waals surface area contributed by atoms with Gasteiger partial charge in [-0.2, -0.15) is 0 Å². The van der Waals surface area contributed by atoms with Crippen molar-refractivity contribution in [2.75, 3.05) is 44.9 Å². The molecule has 0 radical (unpaired) electrons. The SMILES string of the molecule is COCCOC[C@@]1(O)CCC[C@H](C)[C@@H](C)S(=O)(=O)NC(=O)c2ccc3c(c2)N(CCCCc2cc(Cl)ccc2CO3)C[C@@H]2CC[C@H]21. The standard InChI is InChI=1S/C35H49ClN2O7S/c1-24-7-6-15-35(40,23-44-18-17-43-3)31-13-10-28(31)21-38-16-5-4-8-26-19-30(36)12-9-29(26)22-45-33-14-11-27(20-32(33)38)34(39)37-46(41,42)25(24)2/h9,11-12,14,19-20,24-25,28,31,40H,4-8,10,13,15-18,21-23H2,1-3H3,(H,37,39)/t24-,25+,28-,31+,35-/m0/s1. The molecule has 11 heteroatoms. The molecular weight excluding hydrogens is 628 g/mol. The summed E-state index contributed by atoms with van der Waals surface area (Å²) in [5.41, 5.74) is 2.20. The summed E-state index contributed by atoms with van der Waals surface area (Å²) in [7, 11) is -2.32. The molecule has 2 aliphatic heterocycles. The number of ether oxygens (including phenoxy) is 3. The van der Waals surface area contributed by atoms with E-state index in [1.165, 1.54) is 0 Å². The van der Waals surface area contributed by atoms with Gasteiger partial charge in [0.1, 0.15) is 12.4 Å². The normalized spacial score (nSPS) is 28.8. The second kappa shape index (κ2) is 15.2. The number of carbonyl (C=O) groups is 1. The monoisotopic (exact) mass is 676 g/mol. The van der Waals surface area contributed by atoms with Gasteiger partial charge in [-0.25, -0.2) is 13.1 Å². The molecule has 46 heavy (non-hydrogen) atoms. The Kier molecular flexibility index (Phi) is 11.6. The Morgan fingerprint density at radius 1 is 1.07 bits per heavy atom. The molecule has 2 heterocycles. The topological polar surface area (TPSA) is 114 Å². The Balaban J connectivity index is 1.52. The number of benzene rings is 2. The van der Waals surface area contributed by atoms with Crippen LogP contribution in [-0.4, -0.2) is 70.3 Å². The minimum atomic E-state index is -3.95. The van der Waals surface area contributed by atoms with Crippen molar-refractivity contribution in [3.63, 3.8) is 0 Å². The second-order valence-electron chi connectivity index (χ2n) is 13.4. The van der Waals surface area contributed by atoms with Crippen LogP contribution in [0.2, 0.25) is 5.02 Å². The van der Waals surface area contributed by atoms with E-state index in [-0.39, 0.29) is 29.9 Å². The Bertz CT molecular complexity index is 1470. The van der Waals surface area contributed by atoms with Crippen LogP contribution in [-0.2, 0) is 32.5 Å². The third-order valence-corrected chi connectivity index (χ3v) is 12.5.